The van der Waals surface area contributed by atoms with Crippen molar-refractivity contribution in [3.8, 4) is 39.1 Å². The Morgan fingerprint density at radius 1 is 0.304 bits per heavy atom. The van der Waals surface area contributed by atoms with E-state index in [0.717, 1.165) is 28.3 Å². The predicted molar refractivity (Wildman–Crippen MR) is 297 cm³/mol. The molecule has 2 aromatic heterocycles. The molecule has 0 aliphatic carbocycles. The van der Waals surface area contributed by atoms with Gasteiger partial charge in [-0.3, -0.25) is 0 Å². The van der Waals surface area contributed by atoms with Gasteiger partial charge >= 0.3 is 0 Å². The number of rotatable bonds is 7. The van der Waals surface area contributed by atoms with Gasteiger partial charge < -0.3 is 9.47 Å². The van der Waals surface area contributed by atoms with Crippen molar-refractivity contribution in [2.24, 2.45) is 0 Å². The van der Waals surface area contributed by atoms with E-state index in [0.29, 0.717) is 0 Å². The summed E-state index contributed by atoms with van der Waals surface area (Å²) in [6.07, 6.45) is 0. The van der Waals surface area contributed by atoms with Crippen LogP contribution in [-0.4, -0.2) is 4.57 Å². The van der Waals surface area contributed by atoms with Crippen LogP contribution in [0.4, 0.5) is 17.1 Å². The molecule has 0 aliphatic rings. The molecular formula is C66H42N2S. The van der Waals surface area contributed by atoms with Crippen LogP contribution in [0.25, 0.3) is 113 Å². The number of aromatic nitrogens is 1. The first-order valence-electron chi connectivity index (χ1n) is 23.7. The Balaban J connectivity index is 0.892. The Hall–Kier alpha value is -8.76. The molecule has 0 saturated carbocycles. The fraction of sp³-hybridized carbons (Fsp3) is 0. The quantitative estimate of drug-likeness (QED) is 0.145. The summed E-state index contributed by atoms with van der Waals surface area (Å²) in [4.78, 5) is 2.43. The van der Waals surface area contributed by atoms with Gasteiger partial charge in [0.05, 0.1) is 16.7 Å². The van der Waals surface area contributed by atoms with Gasteiger partial charge in [0.1, 0.15) is 0 Å². The topological polar surface area (TPSA) is 8.17 Å². The van der Waals surface area contributed by atoms with Crippen LogP contribution in [0.2, 0.25) is 0 Å². The first kappa shape index (κ1) is 39.4. The average molecular weight is 895 g/mol. The number of anilines is 3. The summed E-state index contributed by atoms with van der Waals surface area (Å²) in [5.74, 6) is 0. The van der Waals surface area contributed by atoms with E-state index in [2.05, 4.69) is 264 Å². The minimum atomic E-state index is 1.08. The average Bonchev–Trinajstić information content (AvgIpc) is 3.97. The Labute approximate surface area is 403 Å². The van der Waals surface area contributed by atoms with E-state index in [9.17, 15) is 0 Å². The van der Waals surface area contributed by atoms with E-state index in [4.69, 9.17) is 0 Å². The largest absolute Gasteiger partial charge is 0.310 e. The molecule has 12 aromatic carbocycles. The normalized spacial score (nSPS) is 11.8. The zero-order valence-corrected chi connectivity index (χ0v) is 38.4. The Kier molecular flexibility index (Phi) is 9.11. The second-order valence-electron chi connectivity index (χ2n) is 18.0. The van der Waals surface area contributed by atoms with Crippen molar-refractivity contribution in [1.29, 1.82) is 0 Å². The number of para-hydroxylation sites is 3. The van der Waals surface area contributed by atoms with Crippen LogP contribution in [0.15, 0.2) is 255 Å². The van der Waals surface area contributed by atoms with Gasteiger partial charge in [0.2, 0.25) is 0 Å². The van der Waals surface area contributed by atoms with Crippen LogP contribution in [0.3, 0.4) is 0 Å². The van der Waals surface area contributed by atoms with E-state index in [-0.39, 0.29) is 0 Å². The Morgan fingerprint density at radius 2 is 0.855 bits per heavy atom. The monoisotopic (exact) mass is 894 g/mol. The molecule has 0 spiro atoms. The molecule has 0 fully saturated rings. The zero-order valence-electron chi connectivity index (χ0n) is 37.6. The fourth-order valence-corrected chi connectivity index (χ4v) is 12.2. The highest BCUT2D eigenvalue weighted by Gasteiger charge is 2.20. The SMILES string of the molecule is c1cc(-c2ccc(N(c3ccc(-c4ccc5c(c4)sc4c6ccccc6ccc54)cc3)c3ccccc3-c3cc4ccccc4c4ccccc34)cc2)cc(-n2c3ccccc3c3ccccc32)c1. The number of hydrogen-bond acceptors (Lipinski definition) is 2. The number of fused-ring (bicyclic) bond motifs is 11. The van der Waals surface area contributed by atoms with Crippen molar-refractivity contribution in [1.82, 2.24) is 4.57 Å². The van der Waals surface area contributed by atoms with Gasteiger partial charge in [0.25, 0.3) is 0 Å². The van der Waals surface area contributed by atoms with Gasteiger partial charge in [0.15, 0.2) is 0 Å². The Bertz CT molecular complexity index is 4260. The third-order valence-corrected chi connectivity index (χ3v) is 15.4. The molecule has 0 N–H and O–H groups in total. The molecule has 3 heteroatoms. The summed E-state index contributed by atoms with van der Waals surface area (Å²) in [5, 5.41) is 12.8. The summed E-state index contributed by atoms with van der Waals surface area (Å²) >= 11 is 1.89. The molecule has 0 aliphatic heterocycles. The molecule has 0 amide bonds. The maximum Gasteiger partial charge on any atom is 0.0541 e. The van der Waals surface area contributed by atoms with E-state index in [1.807, 2.05) is 11.3 Å². The Morgan fingerprint density at radius 3 is 1.58 bits per heavy atom. The molecule has 14 aromatic rings. The van der Waals surface area contributed by atoms with Crippen LogP contribution in [0.1, 0.15) is 0 Å². The first-order chi connectivity index (χ1) is 34.2. The van der Waals surface area contributed by atoms with Gasteiger partial charge in [-0.25, -0.2) is 0 Å². The highest BCUT2D eigenvalue weighted by Crippen LogP contribution is 2.46. The highest BCUT2D eigenvalue weighted by atomic mass is 32.1. The lowest BCUT2D eigenvalue weighted by Gasteiger charge is -2.28. The van der Waals surface area contributed by atoms with Gasteiger partial charge in [-0.15, -0.1) is 11.3 Å². The molecule has 69 heavy (non-hydrogen) atoms. The maximum atomic E-state index is 2.43. The molecular weight excluding hydrogens is 853 g/mol. The molecule has 0 saturated heterocycles. The van der Waals surface area contributed by atoms with Crippen molar-refractivity contribution < 1.29 is 0 Å². The molecule has 0 atom stereocenters. The second kappa shape index (κ2) is 16.0. The van der Waals surface area contributed by atoms with Gasteiger partial charge in [-0.1, -0.05) is 188 Å². The predicted octanol–water partition coefficient (Wildman–Crippen LogP) is 19.1. The number of nitrogens with zero attached hydrogens (tertiary/aromatic N) is 2. The zero-order chi connectivity index (χ0) is 45.4. The van der Waals surface area contributed by atoms with E-state index in [1.165, 1.54) is 102 Å². The van der Waals surface area contributed by atoms with Crippen LogP contribution in [0, 0.1) is 0 Å². The molecule has 0 bridgehead atoms. The van der Waals surface area contributed by atoms with E-state index in [1.54, 1.807) is 0 Å². The lowest BCUT2D eigenvalue weighted by atomic mass is 9.92. The van der Waals surface area contributed by atoms with Gasteiger partial charge in [-0.2, -0.15) is 0 Å². The summed E-state index contributed by atoms with van der Waals surface area (Å²) in [5.41, 5.74) is 14.0. The van der Waals surface area contributed by atoms with Crippen LogP contribution in [-0.2, 0) is 0 Å². The molecule has 2 heterocycles. The van der Waals surface area contributed by atoms with E-state index < -0.39 is 0 Å². The minimum absolute atomic E-state index is 1.08. The highest BCUT2D eigenvalue weighted by molar-refractivity contribution is 7.26. The van der Waals surface area contributed by atoms with Crippen LogP contribution < -0.4 is 4.90 Å². The third kappa shape index (κ3) is 6.47. The fourth-order valence-electron chi connectivity index (χ4n) is 10.9. The maximum absolute atomic E-state index is 2.43. The third-order valence-electron chi connectivity index (χ3n) is 14.2. The van der Waals surface area contributed by atoms with E-state index >= 15 is 0 Å². The van der Waals surface area contributed by atoms with Crippen molar-refractivity contribution in [3.63, 3.8) is 0 Å². The first-order valence-corrected chi connectivity index (χ1v) is 24.5. The summed E-state index contributed by atoms with van der Waals surface area (Å²) in [6, 6.07) is 93.7. The van der Waals surface area contributed by atoms with Crippen molar-refractivity contribution in [3.05, 3.63) is 255 Å². The number of benzene rings is 12. The smallest absolute Gasteiger partial charge is 0.0541 e. The summed E-state index contributed by atoms with van der Waals surface area (Å²) < 4.78 is 5.05. The van der Waals surface area contributed by atoms with Gasteiger partial charge in [-0.05, 0) is 127 Å². The van der Waals surface area contributed by atoms with Crippen molar-refractivity contribution in [2.45, 2.75) is 0 Å². The molecule has 0 radical (unpaired) electrons. The van der Waals surface area contributed by atoms with Crippen LogP contribution in [0.5, 0.6) is 0 Å². The standard InChI is InChI=1S/C66H42N2S/c1-4-19-53-45(14-1)32-39-60-59-38-33-47(42-65(59)69-66(53)60)44-30-36-50(37-31-44)67(62-25-10-9-24-58(62)61-41-48-15-2-3-18-52(48)54-20-5-6-21-55(54)61)49-34-28-43(29-35-49)46-16-13-17-51(40-46)68-63-26-11-7-22-56(63)57-23-8-12-27-64(57)68/h1-42H. The van der Waals surface area contributed by atoms with Crippen molar-refractivity contribution in [2.75, 3.05) is 4.90 Å². The van der Waals surface area contributed by atoms with Gasteiger partial charge in [0, 0.05) is 53.6 Å². The summed E-state index contributed by atoms with van der Waals surface area (Å²) in [7, 11) is 0. The number of hydrogen-bond donors (Lipinski definition) is 0. The molecule has 2 nitrogen and oxygen atoms in total. The summed E-state index contributed by atoms with van der Waals surface area (Å²) in [6.45, 7) is 0. The molecule has 0 unspecified atom stereocenters. The van der Waals surface area contributed by atoms with Crippen LogP contribution >= 0.6 is 11.3 Å². The lowest BCUT2D eigenvalue weighted by Crippen LogP contribution is -2.11. The molecule has 14 rings (SSSR count). The van der Waals surface area contributed by atoms with Crippen molar-refractivity contribution >= 4 is 103 Å². The second-order valence-corrected chi connectivity index (χ2v) is 19.1. The molecule has 322 valence electrons. The minimum Gasteiger partial charge on any atom is -0.310 e. The lowest BCUT2D eigenvalue weighted by molar-refractivity contribution is 1.18. The number of thiophene rings is 1.